The van der Waals surface area contributed by atoms with Gasteiger partial charge in [-0.2, -0.15) is 5.26 Å². The van der Waals surface area contributed by atoms with Crippen molar-refractivity contribution in [2.45, 2.75) is 6.54 Å². The van der Waals surface area contributed by atoms with Gasteiger partial charge in [-0.3, -0.25) is 9.69 Å². The van der Waals surface area contributed by atoms with Crippen LogP contribution in [0, 0.1) is 11.3 Å². The minimum absolute atomic E-state index is 0.0899. The van der Waals surface area contributed by atoms with Crippen LogP contribution in [0.25, 0.3) is 10.9 Å². The molecule has 0 spiro atoms. The number of rotatable bonds is 3. The number of anilines is 1. The van der Waals surface area contributed by atoms with Crippen LogP contribution in [-0.4, -0.2) is 46.0 Å². The normalized spacial score (nSPS) is 15.1. The van der Waals surface area contributed by atoms with Crippen molar-refractivity contribution in [3.63, 3.8) is 0 Å². The summed E-state index contributed by atoms with van der Waals surface area (Å²) in [6, 6.07) is 13.1. The van der Waals surface area contributed by atoms with Crippen LogP contribution in [-0.2, 0) is 6.54 Å². The zero-order chi connectivity index (χ0) is 17.9. The van der Waals surface area contributed by atoms with Crippen molar-refractivity contribution in [3.05, 3.63) is 64.5 Å². The molecular weight excluding hydrogens is 328 g/mol. The van der Waals surface area contributed by atoms with Gasteiger partial charge in [0.05, 0.1) is 29.3 Å². The van der Waals surface area contributed by atoms with Gasteiger partial charge in [-0.15, -0.1) is 0 Å². The quantitative estimate of drug-likeness (QED) is 0.773. The first kappa shape index (κ1) is 16.2. The lowest BCUT2D eigenvalue weighted by Crippen LogP contribution is -2.46. The smallest absolute Gasteiger partial charge is 0.258 e. The summed E-state index contributed by atoms with van der Waals surface area (Å²) >= 11 is 0. The first-order valence-corrected chi connectivity index (χ1v) is 8.54. The van der Waals surface area contributed by atoms with Gasteiger partial charge in [-0.25, -0.2) is 9.97 Å². The van der Waals surface area contributed by atoms with E-state index in [0.717, 1.165) is 37.4 Å². The molecule has 7 nitrogen and oxygen atoms in total. The number of aromatic nitrogens is 3. The Hall–Kier alpha value is -3.24. The maximum atomic E-state index is 12.2. The number of benzene rings is 1. The third-order valence-electron chi connectivity index (χ3n) is 4.64. The molecule has 1 N–H and O–H groups in total. The van der Waals surface area contributed by atoms with Gasteiger partial charge in [0, 0.05) is 26.2 Å². The molecular formula is C19H18N6O. The number of pyridine rings is 1. The molecule has 2 aromatic heterocycles. The molecule has 3 heterocycles. The van der Waals surface area contributed by atoms with Crippen LogP contribution in [0.15, 0.2) is 47.4 Å². The Kier molecular flexibility index (Phi) is 4.33. The topological polar surface area (TPSA) is 88.9 Å². The maximum Gasteiger partial charge on any atom is 0.258 e. The highest BCUT2D eigenvalue weighted by Crippen LogP contribution is 2.16. The summed E-state index contributed by atoms with van der Waals surface area (Å²) in [6.07, 6.45) is 1.75. The number of nitriles is 1. The lowest BCUT2D eigenvalue weighted by atomic mass is 10.2. The Morgan fingerprint density at radius 1 is 1.12 bits per heavy atom. The van der Waals surface area contributed by atoms with E-state index < -0.39 is 0 Å². The van der Waals surface area contributed by atoms with Crippen molar-refractivity contribution < 1.29 is 0 Å². The van der Waals surface area contributed by atoms with Crippen molar-refractivity contribution in [1.29, 1.82) is 5.26 Å². The molecule has 0 amide bonds. The monoisotopic (exact) mass is 346 g/mol. The van der Waals surface area contributed by atoms with Gasteiger partial charge in [-0.1, -0.05) is 12.1 Å². The molecule has 7 heteroatoms. The van der Waals surface area contributed by atoms with E-state index in [4.69, 9.17) is 5.26 Å². The van der Waals surface area contributed by atoms with Gasteiger partial charge < -0.3 is 9.88 Å². The molecule has 0 unspecified atom stereocenters. The average molecular weight is 346 g/mol. The maximum absolute atomic E-state index is 12.2. The molecule has 4 rings (SSSR count). The van der Waals surface area contributed by atoms with Crippen LogP contribution in [0.4, 0.5) is 5.69 Å². The number of para-hydroxylation sites is 1. The fourth-order valence-corrected chi connectivity index (χ4v) is 3.23. The third-order valence-corrected chi connectivity index (χ3v) is 4.64. The molecule has 0 bridgehead atoms. The van der Waals surface area contributed by atoms with E-state index in [2.05, 4.69) is 24.8 Å². The van der Waals surface area contributed by atoms with Gasteiger partial charge in [-0.05, 0) is 24.3 Å². The summed E-state index contributed by atoms with van der Waals surface area (Å²) in [7, 11) is 0. The molecule has 1 aliphatic rings. The van der Waals surface area contributed by atoms with Crippen molar-refractivity contribution in [1.82, 2.24) is 19.9 Å². The van der Waals surface area contributed by atoms with Gasteiger partial charge in [0.15, 0.2) is 0 Å². The second-order valence-electron chi connectivity index (χ2n) is 6.31. The Labute approximate surface area is 150 Å². The molecule has 26 heavy (non-hydrogen) atoms. The van der Waals surface area contributed by atoms with Crippen LogP contribution in [0.5, 0.6) is 0 Å². The number of fused-ring (bicyclic) bond motifs is 1. The highest BCUT2D eigenvalue weighted by molar-refractivity contribution is 5.77. The summed E-state index contributed by atoms with van der Waals surface area (Å²) in [5, 5.41) is 9.46. The van der Waals surface area contributed by atoms with Gasteiger partial charge in [0.25, 0.3) is 5.56 Å². The largest absolute Gasteiger partial charge is 0.368 e. The molecule has 0 atom stereocenters. The molecule has 0 saturated carbocycles. The van der Waals surface area contributed by atoms with E-state index in [-0.39, 0.29) is 5.56 Å². The van der Waals surface area contributed by atoms with Crippen LogP contribution >= 0.6 is 0 Å². The van der Waals surface area contributed by atoms with E-state index in [9.17, 15) is 4.79 Å². The number of aromatic amines is 1. The summed E-state index contributed by atoms with van der Waals surface area (Å²) < 4.78 is 0. The number of H-pyrrole nitrogens is 1. The summed E-state index contributed by atoms with van der Waals surface area (Å²) in [5.41, 5.74) is 2.10. The summed E-state index contributed by atoms with van der Waals surface area (Å²) in [5.74, 6) is 0.696. The van der Waals surface area contributed by atoms with Gasteiger partial charge >= 0.3 is 0 Å². The number of nitrogens with zero attached hydrogens (tertiary/aromatic N) is 5. The zero-order valence-electron chi connectivity index (χ0n) is 14.2. The number of nitrogens with one attached hydrogen (secondary N) is 1. The van der Waals surface area contributed by atoms with Crippen molar-refractivity contribution in [3.8, 4) is 6.07 Å². The van der Waals surface area contributed by atoms with E-state index in [1.165, 1.54) is 0 Å². The second-order valence-corrected chi connectivity index (χ2v) is 6.31. The van der Waals surface area contributed by atoms with E-state index >= 15 is 0 Å². The van der Waals surface area contributed by atoms with E-state index in [1.54, 1.807) is 18.3 Å². The molecule has 1 saturated heterocycles. The van der Waals surface area contributed by atoms with E-state index in [1.807, 2.05) is 30.3 Å². The lowest BCUT2D eigenvalue weighted by Gasteiger charge is -2.35. The summed E-state index contributed by atoms with van der Waals surface area (Å²) in [4.78, 5) is 28.3. The molecule has 130 valence electrons. The third kappa shape index (κ3) is 3.27. The standard InChI is InChI=1S/C19H18N6O/c20-11-14-5-6-15(12-21-14)25-9-7-24(8-10-25)13-18-22-17-4-2-1-3-16(17)19(26)23-18/h1-6,12H,7-10,13H2,(H,22,23,26). The molecule has 0 radical (unpaired) electrons. The van der Waals surface area contributed by atoms with E-state index in [0.29, 0.717) is 23.4 Å². The molecule has 0 aliphatic carbocycles. The molecule has 3 aromatic rings. The SMILES string of the molecule is N#Cc1ccc(N2CCN(Cc3nc4ccccc4c(=O)[nH]3)CC2)cn1. The van der Waals surface area contributed by atoms with Crippen molar-refractivity contribution in [2.24, 2.45) is 0 Å². The molecule has 1 aliphatic heterocycles. The first-order valence-electron chi connectivity index (χ1n) is 8.54. The predicted octanol–water partition coefficient (Wildman–Crippen LogP) is 1.51. The number of hydrogen-bond acceptors (Lipinski definition) is 6. The van der Waals surface area contributed by atoms with Crippen LogP contribution in [0.1, 0.15) is 11.5 Å². The fraction of sp³-hybridized carbons (Fsp3) is 0.263. The highest BCUT2D eigenvalue weighted by atomic mass is 16.1. The number of hydrogen-bond donors (Lipinski definition) is 1. The minimum Gasteiger partial charge on any atom is -0.368 e. The van der Waals surface area contributed by atoms with Gasteiger partial charge in [0.1, 0.15) is 17.6 Å². The summed E-state index contributed by atoms with van der Waals surface area (Å²) in [6.45, 7) is 4.10. The Morgan fingerprint density at radius 2 is 1.92 bits per heavy atom. The lowest BCUT2D eigenvalue weighted by molar-refractivity contribution is 0.244. The van der Waals surface area contributed by atoms with Gasteiger partial charge in [0.2, 0.25) is 0 Å². The predicted molar refractivity (Wildman–Crippen MR) is 98.8 cm³/mol. The average Bonchev–Trinajstić information content (AvgIpc) is 2.69. The highest BCUT2D eigenvalue weighted by Gasteiger charge is 2.18. The van der Waals surface area contributed by atoms with Crippen molar-refractivity contribution >= 4 is 16.6 Å². The van der Waals surface area contributed by atoms with Crippen LogP contribution in [0.2, 0.25) is 0 Å². The Bertz CT molecular complexity index is 1010. The van der Waals surface area contributed by atoms with Crippen molar-refractivity contribution in [2.75, 3.05) is 31.1 Å². The molecule has 1 aromatic carbocycles. The second kappa shape index (κ2) is 6.94. The Morgan fingerprint density at radius 3 is 2.65 bits per heavy atom. The Balaban J connectivity index is 1.42. The van der Waals surface area contributed by atoms with Crippen LogP contribution < -0.4 is 10.5 Å². The van der Waals surface area contributed by atoms with Crippen LogP contribution in [0.3, 0.4) is 0 Å². The fourth-order valence-electron chi connectivity index (χ4n) is 3.23. The first-order chi connectivity index (χ1) is 12.7. The molecule has 1 fully saturated rings. The zero-order valence-corrected chi connectivity index (χ0v) is 14.2. The minimum atomic E-state index is -0.0899. The number of piperazine rings is 1.